The minimum atomic E-state index is -0.127. The van der Waals surface area contributed by atoms with Gasteiger partial charge in [-0.05, 0) is 30.4 Å². The summed E-state index contributed by atoms with van der Waals surface area (Å²) in [4.78, 5) is 15.9. The Labute approximate surface area is 107 Å². The highest BCUT2D eigenvalue weighted by molar-refractivity contribution is 5.92. The van der Waals surface area contributed by atoms with Gasteiger partial charge in [0.05, 0.1) is 0 Å². The minimum Gasteiger partial charge on any atom is -0.381 e. The Morgan fingerprint density at radius 2 is 2.44 bits per heavy atom. The number of amides is 1. The molecule has 0 aliphatic carbocycles. The zero-order valence-corrected chi connectivity index (χ0v) is 10.4. The van der Waals surface area contributed by atoms with E-state index in [0.29, 0.717) is 24.7 Å². The molecule has 3 N–H and O–H groups in total. The molecule has 5 nitrogen and oxygen atoms in total. The summed E-state index contributed by atoms with van der Waals surface area (Å²) in [5.41, 5.74) is 6.84. The number of nitrogens with two attached hydrogens (primary N) is 1. The molecule has 1 aliphatic heterocycles. The van der Waals surface area contributed by atoms with Gasteiger partial charge in [-0.15, -0.1) is 0 Å². The molecule has 1 fully saturated rings. The van der Waals surface area contributed by atoms with E-state index in [9.17, 15) is 4.79 Å². The summed E-state index contributed by atoms with van der Waals surface area (Å²) >= 11 is 0. The number of nitrogens with zero attached hydrogens (tertiary/aromatic N) is 1. The topological polar surface area (TPSA) is 77.2 Å². The molecular formula is C13H19N3O2. The van der Waals surface area contributed by atoms with Crippen LogP contribution in [-0.2, 0) is 11.3 Å². The minimum absolute atomic E-state index is 0.127. The smallest absolute Gasteiger partial charge is 0.269 e. The molecular weight excluding hydrogens is 230 g/mol. The Balaban J connectivity index is 1.76. The van der Waals surface area contributed by atoms with Gasteiger partial charge in [-0.2, -0.15) is 0 Å². The standard InChI is InChI=1S/C13H19N3O2/c14-7-11-1-2-12(16-8-11)13(17)15-5-3-10-4-6-18-9-10/h1-2,8,10H,3-7,9,14H2,(H,15,17). The van der Waals surface area contributed by atoms with Crippen molar-refractivity contribution in [3.63, 3.8) is 0 Å². The molecule has 0 radical (unpaired) electrons. The van der Waals surface area contributed by atoms with Crippen molar-refractivity contribution in [2.24, 2.45) is 11.7 Å². The average molecular weight is 249 g/mol. The molecule has 18 heavy (non-hydrogen) atoms. The zero-order chi connectivity index (χ0) is 12.8. The molecule has 5 heteroatoms. The van der Waals surface area contributed by atoms with Crippen LogP contribution < -0.4 is 11.1 Å². The van der Waals surface area contributed by atoms with Crippen LogP contribution in [0.2, 0.25) is 0 Å². The zero-order valence-electron chi connectivity index (χ0n) is 10.4. The number of carbonyl (C=O) groups excluding carboxylic acids is 1. The van der Waals surface area contributed by atoms with Crippen LogP contribution in [0.5, 0.6) is 0 Å². The second-order valence-corrected chi connectivity index (χ2v) is 4.53. The summed E-state index contributed by atoms with van der Waals surface area (Å²) in [6, 6.07) is 3.53. The monoisotopic (exact) mass is 249 g/mol. The van der Waals surface area contributed by atoms with Crippen LogP contribution in [0.15, 0.2) is 18.3 Å². The van der Waals surface area contributed by atoms with Crippen LogP contribution in [0, 0.1) is 5.92 Å². The number of nitrogens with one attached hydrogen (secondary N) is 1. The molecule has 1 aromatic heterocycles. The predicted octanol–water partition coefficient (Wildman–Crippen LogP) is 0.697. The number of ether oxygens (including phenoxy) is 1. The molecule has 0 spiro atoms. The third kappa shape index (κ3) is 3.51. The largest absolute Gasteiger partial charge is 0.381 e. The first-order valence-corrected chi connectivity index (χ1v) is 6.30. The summed E-state index contributed by atoms with van der Waals surface area (Å²) < 4.78 is 5.29. The van der Waals surface area contributed by atoms with Crippen LogP contribution in [0.4, 0.5) is 0 Å². The second-order valence-electron chi connectivity index (χ2n) is 4.53. The van der Waals surface area contributed by atoms with E-state index >= 15 is 0 Å². The van der Waals surface area contributed by atoms with Crippen LogP contribution in [0.3, 0.4) is 0 Å². The van der Waals surface area contributed by atoms with Gasteiger partial charge in [0.25, 0.3) is 5.91 Å². The van der Waals surface area contributed by atoms with Gasteiger partial charge in [0.1, 0.15) is 5.69 Å². The maximum atomic E-state index is 11.8. The van der Waals surface area contributed by atoms with Crippen LogP contribution >= 0.6 is 0 Å². The predicted molar refractivity (Wildman–Crippen MR) is 68.0 cm³/mol. The number of hydrogen-bond donors (Lipinski definition) is 2. The molecule has 2 rings (SSSR count). The molecule has 2 heterocycles. The molecule has 0 saturated carbocycles. The highest BCUT2D eigenvalue weighted by Gasteiger charge is 2.15. The molecule has 0 aromatic carbocycles. The third-order valence-electron chi connectivity index (χ3n) is 3.16. The summed E-state index contributed by atoms with van der Waals surface area (Å²) in [6.45, 7) is 2.78. The summed E-state index contributed by atoms with van der Waals surface area (Å²) in [6.07, 6.45) is 3.70. The van der Waals surface area contributed by atoms with Crippen molar-refractivity contribution in [1.82, 2.24) is 10.3 Å². The maximum Gasteiger partial charge on any atom is 0.269 e. The Hall–Kier alpha value is -1.46. The third-order valence-corrected chi connectivity index (χ3v) is 3.16. The van der Waals surface area contributed by atoms with E-state index in [1.54, 1.807) is 12.3 Å². The Bertz CT molecular complexity index is 386. The Kier molecular flexibility index (Phi) is 4.66. The van der Waals surface area contributed by atoms with Crippen LogP contribution in [0.1, 0.15) is 28.9 Å². The fraction of sp³-hybridized carbons (Fsp3) is 0.538. The Morgan fingerprint density at radius 3 is 3.06 bits per heavy atom. The first-order valence-electron chi connectivity index (χ1n) is 6.30. The van der Waals surface area contributed by atoms with E-state index in [1.165, 1.54) is 0 Å². The molecule has 1 atom stereocenters. The van der Waals surface area contributed by atoms with Gasteiger partial charge >= 0.3 is 0 Å². The van der Waals surface area contributed by atoms with Gasteiger partial charge in [-0.1, -0.05) is 6.07 Å². The molecule has 1 aromatic rings. The molecule has 98 valence electrons. The summed E-state index contributed by atoms with van der Waals surface area (Å²) in [5, 5.41) is 2.88. The van der Waals surface area contributed by atoms with Crippen LogP contribution in [-0.4, -0.2) is 30.6 Å². The lowest BCUT2D eigenvalue weighted by molar-refractivity contribution is 0.0945. The lowest BCUT2D eigenvalue weighted by Crippen LogP contribution is -2.26. The highest BCUT2D eigenvalue weighted by atomic mass is 16.5. The van der Waals surface area contributed by atoms with Gasteiger partial charge in [0, 0.05) is 32.5 Å². The first kappa shape index (κ1) is 13.0. The van der Waals surface area contributed by atoms with E-state index in [0.717, 1.165) is 31.6 Å². The number of pyridine rings is 1. The van der Waals surface area contributed by atoms with Crippen molar-refractivity contribution in [3.05, 3.63) is 29.6 Å². The number of carbonyl (C=O) groups is 1. The van der Waals surface area contributed by atoms with E-state index in [4.69, 9.17) is 10.5 Å². The van der Waals surface area contributed by atoms with Crippen molar-refractivity contribution < 1.29 is 9.53 Å². The van der Waals surface area contributed by atoms with E-state index < -0.39 is 0 Å². The normalized spacial score (nSPS) is 18.8. The van der Waals surface area contributed by atoms with Crippen molar-refractivity contribution in [2.75, 3.05) is 19.8 Å². The number of rotatable bonds is 5. The van der Waals surface area contributed by atoms with E-state index in [-0.39, 0.29) is 5.91 Å². The quantitative estimate of drug-likeness (QED) is 0.805. The lowest BCUT2D eigenvalue weighted by atomic mass is 10.1. The van der Waals surface area contributed by atoms with Crippen molar-refractivity contribution >= 4 is 5.91 Å². The van der Waals surface area contributed by atoms with E-state index in [2.05, 4.69) is 10.3 Å². The van der Waals surface area contributed by atoms with Gasteiger partial charge in [-0.25, -0.2) is 0 Å². The lowest BCUT2D eigenvalue weighted by Gasteiger charge is -2.08. The van der Waals surface area contributed by atoms with Gasteiger partial charge in [0.2, 0.25) is 0 Å². The molecule has 1 amide bonds. The summed E-state index contributed by atoms with van der Waals surface area (Å²) in [7, 11) is 0. The van der Waals surface area contributed by atoms with Crippen molar-refractivity contribution in [1.29, 1.82) is 0 Å². The fourth-order valence-corrected chi connectivity index (χ4v) is 1.97. The van der Waals surface area contributed by atoms with Crippen molar-refractivity contribution in [2.45, 2.75) is 19.4 Å². The molecule has 1 unspecified atom stereocenters. The fourth-order valence-electron chi connectivity index (χ4n) is 1.97. The summed E-state index contributed by atoms with van der Waals surface area (Å²) in [5.74, 6) is 0.454. The van der Waals surface area contributed by atoms with Crippen LogP contribution in [0.25, 0.3) is 0 Å². The SMILES string of the molecule is NCc1ccc(C(=O)NCCC2CCOC2)nc1. The number of aromatic nitrogens is 1. The molecule has 1 saturated heterocycles. The Morgan fingerprint density at radius 1 is 1.56 bits per heavy atom. The van der Waals surface area contributed by atoms with Gasteiger partial charge in [0.15, 0.2) is 0 Å². The maximum absolute atomic E-state index is 11.8. The molecule has 0 bridgehead atoms. The average Bonchev–Trinajstić information content (AvgIpc) is 2.92. The van der Waals surface area contributed by atoms with E-state index in [1.807, 2.05) is 6.07 Å². The second kappa shape index (κ2) is 6.47. The van der Waals surface area contributed by atoms with Crippen molar-refractivity contribution in [3.8, 4) is 0 Å². The number of hydrogen-bond acceptors (Lipinski definition) is 4. The first-order chi connectivity index (χ1) is 8.79. The highest BCUT2D eigenvalue weighted by Crippen LogP contribution is 2.15. The molecule has 1 aliphatic rings. The van der Waals surface area contributed by atoms with Gasteiger partial charge in [-0.3, -0.25) is 9.78 Å². The van der Waals surface area contributed by atoms with Gasteiger partial charge < -0.3 is 15.8 Å².